The van der Waals surface area contributed by atoms with Crippen LogP contribution in [0.15, 0.2) is 48.5 Å². The van der Waals surface area contributed by atoms with Crippen molar-refractivity contribution in [3.63, 3.8) is 0 Å². The van der Waals surface area contributed by atoms with Crippen LogP contribution in [0.5, 0.6) is 5.75 Å². The molecule has 0 aliphatic heterocycles. The molecule has 1 aliphatic rings. The van der Waals surface area contributed by atoms with Crippen molar-refractivity contribution in [2.24, 2.45) is 0 Å². The van der Waals surface area contributed by atoms with E-state index in [1.165, 1.54) is 29.7 Å². The molecule has 0 atom stereocenters. The van der Waals surface area contributed by atoms with Crippen molar-refractivity contribution in [3.05, 3.63) is 59.7 Å². The molecular formula is C19H23NO. The molecule has 2 aromatic rings. The van der Waals surface area contributed by atoms with E-state index in [-0.39, 0.29) is 0 Å². The van der Waals surface area contributed by atoms with E-state index in [0.29, 0.717) is 12.0 Å². The van der Waals surface area contributed by atoms with E-state index in [1.54, 1.807) is 7.11 Å². The third kappa shape index (κ3) is 3.05. The zero-order valence-corrected chi connectivity index (χ0v) is 12.8. The van der Waals surface area contributed by atoms with Crippen LogP contribution < -0.4 is 10.1 Å². The number of hydrogen-bond acceptors (Lipinski definition) is 2. The number of para-hydroxylation sites is 1. The van der Waals surface area contributed by atoms with Crippen molar-refractivity contribution >= 4 is 5.69 Å². The van der Waals surface area contributed by atoms with E-state index in [4.69, 9.17) is 4.74 Å². The molecule has 2 aromatic carbocycles. The van der Waals surface area contributed by atoms with Crippen LogP contribution >= 0.6 is 0 Å². The molecule has 0 radical (unpaired) electrons. The molecule has 0 unspecified atom stereocenters. The largest absolute Gasteiger partial charge is 0.497 e. The lowest BCUT2D eigenvalue weighted by Gasteiger charge is -2.37. The summed E-state index contributed by atoms with van der Waals surface area (Å²) in [5.41, 5.74) is 4.14. The first-order valence-electron chi connectivity index (χ1n) is 7.78. The van der Waals surface area contributed by atoms with Crippen LogP contribution in [0.4, 0.5) is 5.69 Å². The topological polar surface area (TPSA) is 21.3 Å². The van der Waals surface area contributed by atoms with Crippen molar-refractivity contribution < 1.29 is 4.74 Å². The zero-order valence-electron chi connectivity index (χ0n) is 12.8. The molecule has 1 saturated carbocycles. The van der Waals surface area contributed by atoms with Crippen molar-refractivity contribution in [2.75, 3.05) is 12.4 Å². The molecule has 110 valence electrons. The Labute approximate surface area is 127 Å². The fourth-order valence-electron chi connectivity index (χ4n) is 3.07. The quantitative estimate of drug-likeness (QED) is 0.863. The normalized spacial score (nSPS) is 20.7. The molecule has 1 fully saturated rings. The van der Waals surface area contributed by atoms with Gasteiger partial charge in [-0.25, -0.2) is 0 Å². The second-order valence-corrected chi connectivity index (χ2v) is 5.79. The lowest BCUT2D eigenvalue weighted by Crippen LogP contribution is -2.34. The van der Waals surface area contributed by atoms with Gasteiger partial charge in [0.2, 0.25) is 0 Å². The van der Waals surface area contributed by atoms with Gasteiger partial charge >= 0.3 is 0 Å². The Hall–Kier alpha value is -1.96. The van der Waals surface area contributed by atoms with Crippen LogP contribution in [-0.2, 0) is 6.42 Å². The number of hydrogen-bond donors (Lipinski definition) is 1. The molecule has 0 bridgehead atoms. The van der Waals surface area contributed by atoms with Crippen LogP contribution in [0, 0.1) is 0 Å². The summed E-state index contributed by atoms with van der Waals surface area (Å²) in [6.07, 6.45) is 3.51. The van der Waals surface area contributed by atoms with E-state index in [9.17, 15) is 0 Å². The number of benzene rings is 2. The highest BCUT2D eigenvalue weighted by atomic mass is 16.5. The van der Waals surface area contributed by atoms with Crippen LogP contribution in [0.1, 0.15) is 36.8 Å². The van der Waals surface area contributed by atoms with Crippen molar-refractivity contribution in [3.8, 4) is 5.75 Å². The Morgan fingerprint density at radius 1 is 1.05 bits per heavy atom. The highest BCUT2D eigenvalue weighted by molar-refractivity contribution is 5.52. The Bertz CT molecular complexity index is 585. The lowest BCUT2D eigenvalue weighted by molar-refractivity contribution is 0.373. The highest BCUT2D eigenvalue weighted by Crippen LogP contribution is 2.39. The minimum absolute atomic E-state index is 0.602. The fraction of sp³-hybridized carbons (Fsp3) is 0.368. The molecule has 0 amide bonds. The van der Waals surface area contributed by atoms with Gasteiger partial charge in [-0.2, -0.15) is 0 Å². The smallest absolute Gasteiger partial charge is 0.118 e. The van der Waals surface area contributed by atoms with Crippen molar-refractivity contribution in [1.82, 2.24) is 0 Å². The third-order valence-corrected chi connectivity index (χ3v) is 4.48. The van der Waals surface area contributed by atoms with Gasteiger partial charge < -0.3 is 10.1 Å². The molecule has 21 heavy (non-hydrogen) atoms. The molecule has 3 rings (SSSR count). The van der Waals surface area contributed by atoms with Crippen molar-refractivity contribution in [1.29, 1.82) is 0 Å². The summed E-state index contributed by atoms with van der Waals surface area (Å²) in [6, 6.07) is 17.7. The van der Waals surface area contributed by atoms with Gasteiger partial charge in [0.25, 0.3) is 0 Å². The molecule has 1 aliphatic carbocycles. The van der Waals surface area contributed by atoms with Gasteiger partial charge in [0.05, 0.1) is 7.11 Å². The second kappa shape index (κ2) is 6.21. The average molecular weight is 281 g/mol. The average Bonchev–Trinajstić information content (AvgIpc) is 2.51. The predicted octanol–water partition coefficient (Wildman–Crippen LogP) is 4.62. The number of nitrogens with one attached hydrogen (secondary N) is 1. The maximum absolute atomic E-state index is 5.21. The number of rotatable bonds is 5. The summed E-state index contributed by atoms with van der Waals surface area (Å²) in [6.45, 7) is 2.21. The molecule has 2 heteroatoms. The van der Waals surface area contributed by atoms with E-state index in [2.05, 4.69) is 60.8 Å². The summed E-state index contributed by atoms with van der Waals surface area (Å²) in [5, 5.41) is 3.70. The Balaban J connectivity index is 1.58. The van der Waals surface area contributed by atoms with Gasteiger partial charge in [-0.15, -0.1) is 0 Å². The molecule has 0 saturated heterocycles. The molecular weight excluding hydrogens is 258 g/mol. The number of aryl methyl sites for hydroxylation is 1. The van der Waals surface area contributed by atoms with Gasteiger partial charge in [-0.1, -0.05) is 37.3 Å². The summed E-state index contributed by atoms with van der Waals surface area (Å²) in [7, 11) is 1.71. The molecule has 0 aromatic heterocycles. The van der Waals surface area contributed by atoms with E-state index >= 15 is 0 Å². The van der Waals surface area contributed by atoms with Crippen LogP contribution in [0.2, 0.25) is 0 Å². The predicted molar refractivity (Wildman–Crippen MR) is 88.2 cm³/mol. The van der Waals surface area contributed by atoms with E-state index in [0.717, 1.165) is 12.2 Å². The van der Waals surface area contributed by atoms with Crippen LogP contribution in [-0.4, -0.2) is 13.2 Å². The van der Waals surface area contributed by atoms with E-state index < -0.39 is 0 Å². The van der Waals surface area contributed by atoms with E-state index in [1.807, 2.05) is 0 Å². The SMILES string of the molecule is CCc1ccccc1NC1CC(c2ccc(OC)cc2)C1. The van der Waals surface area contributed by atoms with Gasteiger partial charge in [-0.3, -0.25) is 0 Å². The minimum Gasteiger partial charge on any atom is -0.497 e. The van der Waals surface area contributed by atoms with Gasteiger partial charge in [-0.05, 0) is 54.5 Å². The third-order valence-electron chi connectivity index (χ3n) is 4.48. The molecule has 1 N–H and O–H groups in total. The lowest BCUT2D eigenvalue weighted by atomic mass is 9.75. The second-order valence-electron chi connectivity index (χ2n) is 5.79. The first kappa shape index (κ1) is 14.0. The first-order valence-corrected chi connectivity index (χ1v) is 7.78. The standard InChI is InChI=1S/C19H23NO/c1-3-14-6-4-5-7-19(14)20-17-12-16(13-17)15-8-10-18(21-2)11-9-15/h4-11,16-17,20H,3,12-13H2,1-2H3. The fourth-order valence-corrected chi connectivity index (χ4v) is 3.07. The zero-order chi connectivity index (χ0) is 14.7. The highest BCUT2D eigenvalue weighted by Gasteiger charge is 2.30. The monoisotopic (exact) mass is 281 g/mol. The Kier molecular flexibility index (Phi) is 4.14. The number of anilines is 1. The van der Waals surface area contributed by atoms with Crippen LogP contribution in [0.25, 0.3) is 0 Å². The maximum Gasteiger partial charge on any atom is 0.118 e. The maximum atomic E-state index is 5.21. The van der Waals surface area contributed by atoms with Gasteiger partial charge in [0.1, 0.15) is 5.75 Å². The van der Waals surface area contributed by atoms with Gasteiger partial charge in [0, 0.05) is 11.7 Å². The minimum atomic E-state index is 0.602. The summed E-state index contributed by atoms with van der Waals surface area (Å²) >= 11 is 0. The molecule has 2 nitrogen and oxygen atoms in total. The summed E-state index contributed by atoms with van der Waals surface area (Å²) in [5.74, 6) is 1.62. The number of ether oxygens (including phenoxy) is 1. The Morgan fingerprint density at radius 3 is 2.43 bits per heavy atom. The number of methoxy groups -OCH3 is 1. The van der Waals surface area contributed by atoms with Crippen molar-refractivity contribution in [2.45, 2.75) is 38.1 Å². The summed E-state index contributed by atoms with van der Waals surface area (Å²) in [4.78, 5) is 0. The molecule has 0 spiro atoms. The molecule has 0 heterocycles. The Morgan fingerprint density at radius 2 is 1.76 bits per heavy atom. The first-order chi connectivity index (χ1) is 10.3. The van der Waals surface area contributed by atoms with Crippen LogP contribution in [0.3, 0.4) is 0 Å². The van der Waals surface area contributed by atoms with Gasteiger partial charge in [0.15, 0.2) is 0 Å². The summed E-state index contributed by atoms with van der Waals surface area (Å²) < 4.78 is 5.21.